The van der Waals surface area contributed by atoms with Crippen molar-refractivity contribution in [3.05, 3.63) is 29.7 Å². The first-order valence-electron chi connectivity index (χ1n) is 5.38. The highest BCUT2D eigenvalue weighted by Gasteiger charge is 2.01. The van der Waals surface area contributed by atoms with Crippen LogP contribution in [-0.2, 0) is 11.3 Å². The van der Waals surface area contributed by atoms with Crippen molar-refractivity contribution in [2.45, 2.75) is 19.9 Å². The number of fused-ring (bicyclic) bond motifs is 1. The Labute approximate surface area is 98.3 Å². The van der Waals surface area contributed by atoms with Crippen LogP contribution in [0.25, 0.3) is 5.65 Å². The van der Waals surface area contributed by atoms with Gasteiger partial charge in [-0.1, -0.05) is 0 Å². The van der Waals surface area contributed by atoms with Crippen LogP contribution in [0.5, 0.6) is 0 Å². The van der Waals surface area contributed by atoms with E-state index in [-0.39, 0.29) is 6.42 Å². The van der Waals surface area contributed by atoms with E-state index in [0.717, 1.165) is 16.9 Å². The van der Waals surface area contributed by atoms with Crippen molar-refractivity contribution in [3.63, 3.8) is 0 Å². The van der Waals surface area contributed by atoms with Crippen LogP contribution < -0.4 is 5.32 Å². The fourth-order valence-electron chi connectivity index (χ4n) is 1.55. The molecular formula is C11H14N4O2. The Bertz CT molecular complexity index is 535. The minimum absolute atomic E-state index is 0.122. The Morgan fingerprint density at radius 3 is 3.18 bits per heavy atom. The minimum atomic E-state index is -0.797. The van der Waals surface area contributed by atoms with E-state index in [4.69, 9.17) is 5.11 Å². The fourth-order valence-corrected chi connectivity index (χ4v) is 1.55. The Hall–Kier alpha value is -1.95. The van der Waals surface area contributed by atoms with Crippen LogP contribution in [0.3, 0.4) is 0 Å². The molecule has 0 atom stereocenters. The molecule has 0 bridgehead atoms. The largest absolute Gasteiger partial charge is 0.481 e. The molecule has 0 fully saturated rings. The third-order valence-electron chi connectivity index (χ3n) is 2.33. The monoisotopic (exact) mass is 234 g/mol. The number of nitrogens with zero attached hydrogens (tertiary/aromatic N) is 3. The van der Waals surface area contributed by atoms with Gasteiger partial charge in [-0.15, -0.1) is 0 Å². The Morgan fingerprint density at radius 1 is 1.59 bits per heavy atom. The molecule has 0 radical (unpaired) electrons. The van der Waals surface area contributed by atoms with Gasteiger partial charge < -0.3 is 10.4 Å². The highest BCUT2D eigenvalue weighted by molar-refractivity contribution is 5.66. The summed E-state index contributed by atoms with van der Waals surface area (Å²) in [7, 11) is 0. The van der Waals surface area contributed by atoms with Gasteiger partial charge in [0, 0.05) is 37.1 Å². The second-order valence-corrected chi connectivity index (χ2v) is 3.87. The molecule has 0 aliphatic rings. The molecular weight excluding hydrogens is 220 g/mol. The van der Waals surface area contributed by atoms with Gasteiger partial charge >= 0.3 is 5.97 Å². The number of carbonyl (C=O) groups is 1. The second kappa shape index (κ2) is 4.92. The molecule has 0 aromatic carbocycles. The predicted octanol–water partition coefficient (Wildman–Crippen LogP) is 0.602. The number of aryl methyl sites for hydroxylation is 1. The maximum absolute atomic E-state index is 10.3. The summed E-state index contributed by atoms with van der Waals surface area (Å²) in [5.74, 6) is -0.797. The zero-order chi connectivity index (χ0) is 12.3. The predicted molar refractivity (Wildman–Crippen MR) is 61.7 cm³/mol. The summed E-state index contributed by atoms with van der Waals surface area (Å²) < 4.78 is 1.73. The van der Waals surface area contributed by atoms with Gasteiger partial charge in [0.25, 0.3) is 0 Å². The first kappa shape index (κ1) is 11.5. The molecule has 0 saturated carbocycles. The Balaban J connectivity index is 1.96. The van der Waals surface area contributed by atoms with E-state index in [1.54, 1.807) is 10.7 Å². The normalized spacial score (nSPS) is 10.9. The molecule has 2 heterocycles. The summed E-state index contributed by atoms with van der Waals surface area (Å²) in [6.07, 6.45) is 3.78. The maximum Gasteiger partial charge on any atom is 0.304 e. The van der Waals surface area contributed by atoms with E-state index < -0.39 is 5.97 Å². The molecule has 6 nitrogen and oxygen atoms in total. The van der Waals surface area contributed by atoms with Crippen molar-refractivity contribution in [2.75, 3.05) is 6.54 Å². The third kappa shape index (κ3) is 3.01. The van der Waals surface area contributed by atoms with Crippen LogP contribution in [0.2, 0.25) is 0 Å². The SMILES string of the molecule is Cc1cc2ncc(CNCCC(=O)O)cn2n1. The number of carboxylic acids is 1. The van der Waals surface area contributed by atoms with Gasteiger partial charge in [0.2, 0.25) is 0 Å². The highest BCUT2D eigenvalue weighted by atomic mass is 16.4. The standard InChI is InChI=1S/C11H14N4O2/c1-8-4-10-13-6-9(7-15(10)14-8)5-12-3-2-11(16)17/h4,6-7,12H,2-3,5H2,1H3,(H,16,17). The van der Waals surface area contributed by atoms with E-state index in [1.165, 1.54) is 0 Å². The van der Waals surface area contributed by atoms with Crippen molar-refractivity contribution in [2.24, 2.45) is 0 Å². The topological polar surface area (TPSA) is 79.5 Å². The second-order valence-electron chi connectivity index (χ2n) is 3.87. The fraction of sp³-hybridized carbons (Fsp3) is 0.364. The number of carboxylic acid groups (broad SMARTS) is 1. The maximum atomic E-state index is 10.3. The van der Waals surface area contributed by atoms with E-state index >= 15 is 0 Å². The van der Waals surface area contributed by atoms with Gasteiger partial charge in [-0.05, 0) is 6.92 Å². The molecule has 0 aliphatic heterocycles. The van der Waals surface area contributed by atoms with Crippen molar-refractivity contribution in [3.8, 4) is 0 Å². The van der Waals surface area contributed by atoms with Gasteiger partial charge in [-0.25, -0.2) is 9.50 Å². The molecule has 0 saturated heterocycles. The minimum Gasteiger partial charge on any atom is -0.481 e. The number of aromatic nitrogens is 3. The Morgan fingerprint density at radius 2 is 2.41 bits per heavy atom. The van der Waals surface area contributed by atoms with Crippen molar-refractivity contribution >= 4 is 11.6 Å². The average molecular weight is 234 g/mol. The van der Waals surface area contributed by atoms with E-state index in [1.807, 2.05) is 19.2 Å². The first-order chi connectivity index (χ1) is 8.15. The number of aliphatic carboxylic acids is 1. The van der Waals surface area contributed by atoms with Gasteiger partial charge in [0.05, 0.1) is 12.1 Å². The zero-order valence-electron chi connectivity index (χ0n) is 9.55. The van der Waals surface area contributed by atoms with E-state index in [9.17, 15) is 4.79 Å². The highest BCUT2D eigenvalue weighted by Crippen LogP contribution is 2.04. The molecule has 2 N–H and O–H groups in total. The lowest BCUT2D eigenvalue weighted by molar-refractivity contribution is -0.136. The van der Waals surface area contributed by atoms with Crippen molar-refractivity contribution in [1.29, 1.82) is 0 Å². The molecule has 6 heteroatoms. The summed E-state index contributed by atoms with van der Waals surface area (Å²) in [5, 5.41) is 15.8. The molecule has 0 aliphatic carbocycles. The molecule has 2 aromatic heterocycles. The van der Waals surface area contributed by atoms with Crippen molar-refractivity contribution in [1.82, 2.24) is 19.9 Å². The van der Waals surface area contributed by atoms with E-state index in [0.29, 0.717) is 13.1 Å². The zero-order valence-corrected chi connectivity index (χ0v) is 9.55. The van der Waals surface area contributed by atoms with Gasteiger partial charge in [0.1, 0.15) is 0 Å². The molecule has 0 amide bonds. The van der Waals surface area contributed by atoms with Gasteiger partial charge in [0.15, 0.2) is 5.65 Å². The lowest BCUT2D eigenvalue weighted by Crippen LogP contribution is -2.18. The number of rotatable bonds is 5. The van der Waals surface area contributed by atoms with Crippen LogP contribution >= 0.6 is 0 Å². The first-order valence-corrected chi connectivity index (χ1v) is 5.38. The molecule has 2 aromatic rings. The molecule has 90 valence electrons. The summed E-state index contributed by atoms with van der Waals surface area (Å²) in [6.45, 7) is 2.96. The lowest BCUT2D eigenvalue weighted by atomic mass is 10.3. The molecule has 17 heavy (non-hydrogen) atoms. The number of hydrogen-bond donors (Lipinski definition) is 2. The van der Waals surface area contributed by atoms with Crippen LogP contribution in [0.15, 0.2) is 18.5 Å². The summed E-state index contributed by atoms with van der Waals surface area (Å²) in [5.41, 5.74) is 2.72. The van der Waals surface area contributed by atoms with E-state index in [2.05, 4.69) is 15.4 Å². The van der Waals surface area contributed by atoms with Gasteiger partial charge in [-0.2, -0.15) is 5.10 Å². The molecule has 2 rings (SSSR count). The smallest absolute Gasteiger partial charge is 0.304 e. The van der Waals surface area contributed by atoms with Crippen LogP contribution in [0, 0.1) is 6.92 Å². The third-order valence-corrected chi connectivity index (χ3v) is 2.33. The molecule has 0 spiro atoms. The summed E-state index contributed by atoms with van der Waals surface area (Å²) in [4.78, 5) is 14.6. The van der Waals surface area contributed by atoms with Gasteiger partial charge in [-0.3, -0.25) is 4.79 Å². The average Bonchev–Trinajstić information content (AvgIpc) is 2.63. The van der Waals surface area contributed by atoms with Crippen molar-refractivity contribution < 1.29 is 9.90 Å². The number of hydrogen-bond acceptors (Lipinski definition) is 4. The number of nitrogens with one attached hydrogen (secondary N) is 1. The summed E-state index contributed by atoms with van der Waals surface area (Å²) >= 11 is 0. The van der Waals surface area contributed by atoms with Crippen LogP contribution in [0.1, 0.15) is 17.7 Å². The molecule has 0 unspecified atom stereocenters. The Kier molecular flexibility index (Phi) is 3.34. The van der Waals surface area contributed by atoms with Crippen LogP contribution in [-0.4, -0.2) is 32.2 Å². The lowest BCUT2D eigenvalue weighted by Gasteiger charge is -2.03. The van der Waals surface area contributed by atoms with Crippen LogP contribution in [0.4, 0.5) is 0 Å². The quantitative estimate of drug-likeness (QED) is 0.741. The summed E-state index contributed by atoms with van der Waals surface area (Å²) in [6, 6.07) is 1.90.